The monoisotopic (exact) mass is 407 g/mol. The number of nitrogens with zero attached hydrogens (tertiary/aromatic N) is 5. The number of thioether (sulfide) groups is 1. The number of ether oxygens (including phenoxy) is 1. The third kappa shape index (κ3) is 3.80. The summed E-state index contributed by atoms with van der Waals surface area (Å²) < 4.78 is 6.33. The number of anilines is 1. The lowest BCUT2D eigenvalue weighted by molar-refractivity contribution is -0.120. The average molecular weight is 407 g/mol. The first-order valence-electron chi connectivity index (χ1n) is 9.58. The van der Waals surface area contributed by atoms with Crippen molar-refractivity contribution in [1.82, 2.24) is 20.2 Å². The molecule has 0 aliphatic carbocycles. The number of amides is 1. The van der Waals surface area contributed by atoms with Crippen LogP contribution in [-0.4, -0.2) is 31.8 Å². The molecule has 29 heavy (non-hydrogen) atoms. The van der Waals surface area contributed by atoms with Gasteiger partial charge in [0.05, 0.1) is 5.69 Å². The molecule has 7 nitrogen and oxygen atoms in total. The number of benzene rings is 1. The fourth-order valence-electron chi connectivity index (χ4n) is 3.25. The van der Waals surface area contributed by atoms with Crippen LogP contribution in [0.1, 0.15) is 38.5 Å². The minimum absolute atomic E-state index is 0.0299. The third-order valence-electron chi connectivity index (χ3n) is 4.49. The maximum Gasteiger partial charge on any atom is 0.247 e. The Balaban J connectivity index is 1.93. The zero-order valence-electron chi connectivity index (χ0n) is 16.3. The number of para-hydroxylation sites is 1. The minimum Gasteiger partial charge on any atom is -0.447 e. The molecule has 148 valence electrons. The van der Waals surface area contributed by atoms with Gasteiger partial charge in [0, 0.05) is 29.9 Å². The van der Waals surface area contributed by atoms with Gasteiger partial charge in [0.2, 0.25) is 23.2 Å². The molecule has 4 rings (SSSR count). The molecule has 0 fully saturated rings. The van der Waals surface area contributed by atoms with Crippen molar-refractivity contribution in [2.24, 2.45) is 0 Å². The first-order valence-corrected chi connectivity index (χ1v) is 10.6. The first kappa shape index (κ1) is 19.3. The van der Waals surface area contributed by atoms with Crippen LogP contribution in [0.3, 0.4) is 0 Å². The largest absolute Gasteiger partial charge is 0.447 e. The normalized spacial score (nSPS) is 15.1. The van der Waals surface area contributed by atoms with E-state index in [1.165, 1.54) is 11.8 Å². The molecule has 0 radical (unpaired) electrons. The molecule has 1 atom stereocenters. The number of rotatable bonds is 5. The molecule has 1 amide bonds. The molecule has 1 aliphatic heterocycles. The van der Waals surface area contributed by atoms with E-state index in [1.54, 1.807) is 17.3 Å². The maximum absolute atomic E-state index is 13.2. The topological polar surface area (TPSA) is 81.1 Å². The summed E-state index contributed by atoms with van der Waals surface area (Å²) in [5.41, 5.74) is 2.79. The van der Waals surface area contributed by atoms with E-state index >= 15 is 0 Å². The molecule has 0 N–H and O–H groups in total. The van der Waals surface area contributed by atoms with Gasteiger partial charge in [-0.25, -0.2) is 0 Å². The van der Waals surface area contributed by atoms with Crippen molar-refractivity contribution in [2.75, 3.05) is 10.7 Å². The van der Waals surface area contributed by atoms with Gasteiger partial charge in [-0.15, -0.1) is 10.2 Å². The summed E-state index contributed by atoms with van der Waals surface area (Å²) in [5.74, 6) is 1.16. The van der Waals surface area contributed by atoms with Crippen molar-refractivity contribution in [2.45, 2.75) is 38.1 Å². The standard InChI is InChI=1S/C21H21N5O2S/c1-3-8-17(27)26-16-11-6-5-10-15(16)18-19(23-21(25-24-18)29-4-2)28-20(26)14-9-7-12-22-13-14/h5-7,9-13,20H,3-4,8H2,1-2H3/t20-/m0/s1. The summed E-state index contributed by atoms with van der Waals surface area (Å²) >= 11 is 1.49. The second-order valence-electron chi connectivity index (χ2n) is 6.47. The number of fused-ring (bicyclic) bond motifs is 3. The quantitative estimate of drug-likeness (QED) is 0.584. The van der Waals surface area contributed by atoms with Crippen LogP contribution in [0.4, 0.5) is 5.69 Å². The molecule has 3 aromatic rings. The lowest BCUT2D eigenvalue weighted by atomic mass is 10.1. The Bertz CT molecular complexity index is 1010. The Hall–Kier alpha value is -3.00. The number of carbonyl (C=O) groups excluding carboxylic acids is 1. The molecule has 1 aromatic carbocycles. The predicted molar refractivity (Wildman–Crippen MR) is 112 cm³/mol. The summed E-state index contributed by atoms with van der Waals surface area (Å²) in [6, 6.07) is 11.4. The highest BCUT2D eigenvalue weighted by Crippen LogP contribution is 2.43. The molecular weight excluding hydrogens is 386 g/mol. The molecule has 3 heterocycles. The number of hydrogen-bond donors (Lipinski definition) is 0. The summed E-state index contributed by atoms with van der Waals surface area (Å²) in [4.78, 5) is 23.7. The maximum atomic E-state index is 13.2. The van der Waals surface area contributed by atoms with Crippen LogP contribution in [0, 0.1) is 0 Å². The number of pyridine rings is 1. The SMILES string of the molecule is CCCC(=O)N1c2ccccc2-c2nnc(SCC)nc2O[C@H]1c1cccnc1. The van der Waals surface area contributed by atoms with Gasteiger partial charge in [-0.2, -0.15) is 4.98 Å². The van der Waals surface area contributed by atoms with Gasteiger partial charge in [0.15, 0.2) is 5.69 Å². The number of aromatic nitrogens is 4. The Morgan fingerprint density at radius 3 is 2.79 bits per heavy atom. The van der Waals surface area contributed by atoms with E-state index in [1.807, 2.05) is 50.2 Å². The fourth-order valence-corrected chi connectivity index (χ4v) is 3.75. The van der Waals surface area contributed by atoms with E-state index in [0.717, 1.165) is 29.0 Å². The van der Waals surface area contributed by atoms with Crippen LogP contribution in [0.25, 0.3) is 11.3 Å². The molecule has 0 saturated carbocycles. The van der Waals surface area contributed by atoms with E-state index < -0.39 is 6.23 Å². The van der Waals surface area contributed by atoms with E-state index in [0.29, 0.717) is 23.2 Å². The lowest BCUT2D eigenvalue weighted by Gasteiger charge is -2.30. The summed E-state index contributed by atoms with van der Waals surface area (Å²) in [7, 11) is 0. The van der Waals surface area contributed by atoms with Gasteiger partial charge in [0.25, 0.3) is 0 Å². The van der Waals surface area contributed by atoms with Crippen LogP contribution in [0.2, 0.25) is 0 Å². The van der Waals surface area contributed by atoms with Crippen molar-refractivity contribution in [1.29, 1.82) is 0 Å². The van der Waals surface area contributed by atoms with Crippen molar-refractivity contribution >= 4 is 23.4 Å². The Kier molecular flexibility index (Phi) is 5.71. The van der Waals surface area contributed by atoms with Crippen LogP contribution >= 0.6 is 11.8 Å². The molecule has 0 saturated heterocycles. The Labute approximate surface area is 173 Å². The highest BCUT2D eigenvalue weighted by atomic mass is 32.2. The van der Waals surface area contributed by atoms with Crippen LogP contribution in [0.5, 0.6) is 5.88 Å². The van der Waals surface area contributed by atoms with Crippen LogP contribution in [-0.2, 0) is 4.79 Å². The van der Waals surface area contributed by atoms with Crippen LogP contribution in [0.15, 0.2) is 53.9 Å². The Morgan fingerprint density at radius 1 is 1.17 bits per heavy atom. The second kappa shape index (κ2) is 8.57. The van der Waals surface area contributed by atoms with E-state index in [-0.39, 0.29) is 5.91 Å². The second-order valence-corrected chi connectivity index (χ2v) is 7.70. The van der Waals surface area contributed by atoms with E-state index in [9.17, 15) is 4.79 Å². The summed E-state index contributed by atoms with van der Waals surface area (Å²) in [6.07, 6.45) is 3.85. The highest BCUT2D eigenvalue weighted by Gasteiger charge is 2.35. The Morgan fingerprint density at radius 2 is 2.03 bits per heavy atom. The van der Waals surface area contributed by atoms with Gasteiger partial charge in [-0.1, -0.05) is 49.9 Å². The van der Waals surface area contributed by atoms with Crippen molar-refractivity contribution in [3.05, 3.63) is 54.4 Å². The average Bonchev–Trinajstić information content (AvgIpc) is 2.89. The molecule has 8 heteroatoms. The van der Waals surface area contributed by atoms with Gasteiger partial charge in [-0.3, -0.25) is 14.7 Å². The zero-order chi connectivity index (χ0) is 20.2. The van der Waals surface area contributed by atoms with Gasteiger partial charge in [0.1, 0.15) is 0 Å². The van der Waals surface area contributed by atoms with Crippen molar-refractivity contribution in [3.8, 4) is 17.1 Å². The molecule has 0 bridgehead atoms. The van der Waals surface area contributed by atoms with E-state index in [4.69, 9.17) is 4.74 Å². The molecule has 1 aliphatic rings. The highest BCUT2D eigenvalue weighted by molar-refractivity contribution is 7.99. The number of hydrogen-bond acceptors (Lipinski definition) is 7. The molecule has 0 spiro atoms. The fraction of sp³-hybridized carbons (Fsp3) is 0.286. The first-order chi connectivity index (χ1) is 14.2. The van der Waals surface area contributed by atoms with Gasteiger partial charge in [-0.05, 0) is 24.3 Å². The number of carbonyl (C=O) groups is 1. The van der Waals surface area contributed by atoms with Crippen molar-refractivity contribution in [3.63, 3.8) is 0 Å². The summed E-state index contributed by atoms with van der Waals surface area (Å²) in [5, 5.41) is 9.17. The summed E-state index contributed by atoms with van der Waals surface area (Å²) in [6.45, 7) is 4.01. The van der Waals surface area contributed by atoms with Crippen LogP contribution < -0.4 is 9.64 Å². The smallest absolute Gasteiger partial charge is 0.247 e. The van der Waals surface area contributed by atoms with Gasteiger partial charge >= 0.3 is 0 Å². The third-order valence-corrected chi connectivity index (χ3v) is 5.21. The predicted octanol–water partition coefficient (Wildman–Crippen LogP) is 4.27. The molecule has 0 unspecified atom stereocenters. The van der Waals surface area contributed by atoms with Crippen molar-refractivity contribution < 1.29 is 9.53 Å². The van der Waals surface area contributed by atoms with Gasteiger partial charge < -0.3 is 4.74 Å². The molecule has 2 aromatic heterocycles. The zero-order valence-corrected chi connectivity index (χ0v) is 17.1. The van der Waals surface area contributed by atoms with E-state index in [2.05, 4.69) is 20.2 Å². The lowest BCUT2D eigenvalue weighted by Crippen LogP contribution is -2.37. The molecular formula is C21H21N5O2S. The minimum atomic E-state index is -0.693.